The molecule has 0 spiro atoms. The Balaban J connectivity index is 1.82. The molecule has 1 aliphatic rings. The molecule has 1 fully saturated rings. The molecular formula is C22H26N4O4. The van der Waals surface area contributed by atoms with Crippen LogP contribution in [0.5, 0.6) is 0 Å². The second-order valence-corrected chi connectivity index (χ2v) is 7.46. The molecule has 4 heterocycles. The molecule has 1 saturated heterocycles. The summed E-state index contributed by atoms with van der Waals surface area (Å²) in [6.45, 7) is 5.84. The molecule has 1 unspecified atom stereocenters. The van der Waals surface area contributed by atoms with Crippen LogP contribution in [0.4, 0.5) is 0 Å². The van der Waals surface area contributed by atoms with Crippen LogP contribution in [0, 0.1) is 6.92 Å². The highest BCUT2D eigenvalue weighted by Crippen LogP contribution is 2.27. The number of carbonyl (C=O) groups is 2. The summed E-state index contributed by atoms with van der Waals surface area (Å²) in [4.78, 5) is 30.3. The van der Waals surface area contributed by atoms with Gasteiger partial charge in [-0.1, -0.05) is 0 Å². The zero-order valence-electron chi connectivity index (χ0n) is 17.5. The molecule has 3 aromatic heterocycles. The summed E-state index contributed by atoms with van der Waals surface area (Å²) >= 11 is 0. The monoisotopic (exact) mass is 410 g/mol. The number of esters is 1. The number of aromatic nitrogens is 3. The summed E-state index contributed by atoms with van der Waals surface area (Å²) in [6.07, 6.45) is 5.55. The van der Waals surface area contributed by atoms with Crippen molar-refractivity contribution in [1.29, 1.82) is 0 Å². The Morgan fingerprint density at radius 1 is 1.37 bits per heavy atom. The first kappa shape index (κ1) is 20.3. The minimum absolute atomic E-state index is 0.0701. The number of morpholine rings is 1. The number of ether oxygens (including phenoxy) is 2. The van der Waals surface area contributed by atoms with Crippen molar-refractivity contribution in [1.82, 2.24) is 19.3 Å². The molecule has 3 aromatic rings. The van der Waals surface area contributed by atoms with E-state index < -0.39 is 5.97 Å². The van der Waals surface area contributed by atoms with Crippen LogP contribution in [-0.2, 0) is 16.5 Å². The summed E-state index contributed by atoms with van der Waals surface area (Å²) in [7, 11) is 1.92. The summed E-state index contributed by atoms with van der Waals surface area (Å²) in [5.41, 5.74) is 3.10. The van der Waals surface area contributed by atoms with Gasteiger partial charge in [-0.2, -0.15) is 0 Å². The van der Waals surface area contributed by atoms with Crippen LogP contribution in [-0.4, -0.2) is 58.1 Å². The van der Waals surface area contributed by atoms with E-state index >= 15 is 0 Å². The Morgan fingerprint density at radius 3 is 2.87 bits per heavy atom. The number of pyridine rings is 1. The summed E-state index contributed by atoms with van der Waals surface area (Å²) in [5.74, 6) is 0.286. The highest BCUT2D eigenvalue weighted by Gasteiger charge is 2.25. The molecule has 30 heavy (non-hydrogen) atoms. The van der Waals surface area contributed by atoms with Gasteiger partial charge in [0.1, 0.15) is 5.82 Å². The van der Waals surface area contributed by atoms with Crippen LogP contribution in [0.2, 0.25) is 0 Å². The lowest BCUT2D eigenvalue weighted by Crippen LogP contribution is -2.39. The van der Waals surface area contributed by atoms with E-state index in [1.54, 1.807) is 26.1 Å². The van der Waals surface area contributed by atoms with Gasteiger partial charge in [0.2, 0.25) is 0 Å². The van der Waals surface area contributed by atoms with Crippen molar-refractivity contribution in [2.45, 2.75) is 26.4 Å². The quantitative estimate of drug-likeness (QED) is 0.496. The molecule has 0 saturated carbocycles. The first-order valence-corrected chi connectivity index (χ1v) is 10.2. The Labute approximate surface area is 174 Å². The van der Waals surface area contributed by atoms with Crippen LogP contribution in [0.1, 0.15) is 39.8 Å². The number of imidazole rings is 1. The van der Waals surface area contributed by atoms with Gasteiger partial charge in [-0.3, -0.25) is 4.79 Å². The van der Waals surface area contributed by atoms with Gasteiger partial charge in [0.15, 0.2) is 5.78 Å². The molecule has 8 nitrogen and oxygen atoms in total. The molecule has 4 rings (SSSR count). The summed E-state index contributed by atoms with van der Waals surface area (Å²) in [6, 6.07) is 3.70. The van der Waals surface area contributed by atoms with E-state index in [-0.39, 0.29) is 24.9 Å². The molecule has 0 radical (unpaired) electrons. The molecule has 1 atom stereocenters. The van der Waals surface area contributed by atoms with Crippen molar-refractivity contribution >= 4 is 17.3 Å². The van der Waals surface area contributed by atoms with Gasteiger partial charge in [-0.25, -0.2) is 9.78 Å². The number of nitrogens with zero attached hydrogens (tertiary/aromatic N) is 3. The Morgan fingerprint density at radius 2 is 2.20 bits per heavy atom. The van der Waals surface area contributed by atoms with Gasteiger partial charge >= 0.3 is 5.97 Å². The standard InChI is InChI=1S/C22H26N4O4/c1-4-29-22(28)18-10-16-9-15(21-24-5-7-25(21)3)13-26(16)20(14(18)2)19(27)11-17-12-23-6-8-30-17/h5,7,9-10,13,17,23H,4,6,8,11-12H2,1-3H3. The van der Waals surface area contributed by atoms with Crippen molar-refractivity contribution in [3.63, 3.8) is 0 Å². The largest absolute Gasteiger partial charge is 0.462 e. The number of ketones is 1. The SMILES string of the molecule is CCOC(=O)c1cc2cc(-c3nccn3C)cn2c(C(=O)CC2CNCCO2)c1C. The first-order valence-electron chi connectivity index (χ1n) is 10.2. The van der Waals surface area contributed by atoms with Crippen molar-refractivity contribution < 1.29 is 19.1 Å². The third-order valence-electron chi connectivity index (χ3n) is 5.40. The summed E-state index contributed by atoms with van der Waals surface area (Å²) in [5, 5.41) is 3.25. The van der Waals surface area contributed by atoms with Gasteiger partial charge in [0, 0.05) is 56.2 Å². The molecule has 0 aromatic carbocycles. The molecule has 1 aliphatic heterocycles. The van der Waals surface area contributed by atoms with Crippen molar-refractivity contribution in [3.05, 3.63) is 47.5 Å². The number of carbonyl (C=O) groups excluding carboxylic acids is 2. The van der Waals surface area contributed by atoms with E-state index in [0.29, 0.717) is 30.0 Å². The van der Waals surface area contributed by atoms with E-state index in [1.165, 1.54) is 0 Å². The lowest BCUT2D eigenvalue weighted by molar-refractivity contribution is 0.0238. The maximum Gasteiger partial charge on any atom is 0.338 e. The van der Waals surface area contributed by atoms with Gasteiger partial charge in [-0.15, -0.1) is 0 Å². The van der Waals surface area contributed by atoms with Gasteiger partial charge in [0.05, 0.1) is 30.6 Å². The van der Waals surface area contributed by atoms with E-state index in [2.05, 4.69) is 10.3 Å². The van der Waals surface area contributed by atoms with Crippen LogP contribution in [0.3, 0.4) is 0 Å². The molecule has 1 N–H and O–H groups in total. The number of Topliss-reactive ketones (excluding diaryl/α,β-unsaturated/α-hetero) is 1. The van der Waals surface area contributed by atoms with E-state index in [9.17, 15) is 9.59 Å². The van der Waals surface area contributed by atoms with Crippen molar-refractivity contribution in [2.24, 2.45) is 7.05 Å². The Kier molecular flexibility index (Phi) is 5.69. The number of hydrogen-bond donors (Lipinski definition) is 1. The third kappa shape index (κ3) is 3.76. The number of hydrogen-bond acceptors (Lipinski definition) is 6. The molecule has 8 heteroatoms. The summed E-state index contributed by atoms with van der Waals surface area (Å²) < 4.78 is 14.7. The molecular weight excluding hydrogens is 384 g/mol. The number of nitrogens with one attached hydrogen (secondary N) is 1. The fourth-order valence-electron chi connectivity index (χ4n) is 3.93. The lowest BCUT2D eigenvalue weighted by Gasteiger charge is -2.23. The van der Waals surface area contributed by atoms with Crippen molar-refractivity contribution in [2.75, 3.05) is 26.3 Å². The maximum absolute atomic E-state index is 13.3. The maximum atomic E-state index is 13.3. The van der Waals surface area contributed by atoms with Gasteiger partial charge < -0.3 is 23.8 Å². The minimum atomic E-state index is -0.429. The Bertz CT molecular complexity index is 1090. The van der Waals surface area contributed by atoms with Crippen LogP contribution in [0.15, 0.2) is 30.7 Å². The van der Waals surface area contributed by atoms with Gasteiger partial charge in [-0.05, 0) is 31.5 Å². The number of rotatable bonds is 6. The third-order valence-corrected chi connectivity index (χ3v) is 5.40. The highest BCUT2D eigenvalue weighted by atomic mass is 16.5. The fourth-order valence-corrected chi connectivity index (χ4v) is 3.93. The van der Waals surface area contributed by atoms with E-state index in [1.807, 2.05) is 34.5 Å². The molecule has 0 bridgehead atoms. The first-order chi connectivity index (χ1) is 14.5. The van der Waals surface area contributed by atoms with Crippen LogP contribution < -0.4 is 5.32 Å². The number of aryl methyl sites for hydroxylation is 1. The zero-order chi connectivity index (χ0) is 21.3. The normalized spacial score (nSPS) is 16.7. The van der Waals surface area contributed by atoms with E-state index in [0.717, 1.165) is 23.4 Å². The zero-order valence-corrected chi connectivity index (χ0v) is 17.5. The fraction of sp³-hybridized carbons (Fsp3) is 0.409. The highest BCUT2D eigenvalue weighted by molar-refractivity contribution is 6.02. The molecule has 0 amide bonds. The number of fused-ring (bicyclic) bond motifs is 1. The predicted octanol–water partition coefficient (Wildman–Crippen LogP) is 2.39. The molecule has 0 aliphatic carbocycles. The second-order valence-electron chi connectivity index (χ2n) is 7.46. The predicted molar refractivity (Wildman–Crippen MR) is 112 cm³/mol. The van der Waals surface area contributed by atoms with Crippen LogP contribution in [0.25, 0.3) is 16.9 Å². The average Bonchev–Trinajstić information content (AvgIpc) is 3.33. The smallest absolute Gasteiger partial charge is 0.338 e. The average molecular weight is 410 g/mol. The van der Waals surface area contributed by atoms with Crippen molar-refractivity contribution in [3.8, 4) is 11.4 Å². The van der Waals surface area contributed by atoms with Gasteiger partial charge in [0.25, 0.3) is 0 Å². The minimum Gasteiger partial charge on any atom is -0.462 e. The second kappa shape index (κ2) is 8.41. The topological polar surface area (TPSA) is 86.9 Å². The lowest BCUT2D eigenvalue weighted by atomic mass is 10.0. The van der Waals surface area contributed by atoms with Crippen LogP contribution >= 0.6 is 0 Å². The van der Waals surface area contributed by atoms with E-state index in [4.69, 9.17) is 9.47 Å². The molecule has 158 valence electrons. The Hall–Kier alpha value is -2.97.